The van der Waals surface area contributed by atoms with Crippen LogP contribution in [0.5, 0.6) is 0 Å². The molecule has 28 heteroatoms. The number of rotatable bonds is 14. The van der Waals surface area contributed by atoms with Gasteiger partial charge in [-0.2, -0.15) is 41.1 Å². The van der Waals surface area contributed by atoms with Crippen molar-refractivity contribution in [3.63, 3.8) is 0 Å². The normalized spacial score (nSPS) is 15.6. The van der Waals surface area contributed by atoms with Crippen molar-refractivity contribution in [2.75, 3.05) is 32.5 Å². The zero-order chi connectivity index (χ0) is 71.9. The predicted octanol–water partition coefficient (Wildman–Crippen LogP) is 14.4. The molecule has 9 aromatic rings. The van der Waals surface area contributed by atoms with Crippen LogP contribution < -0.4 is 0 Å². The average molecular weight is 1370 g/mol. The number of carbonyl (C=O) groups excluding carboxylic acids is 3. The third kappa shape index (κ3) is 19.5. The summed E-state index contributed by atoms with van der Waals surface area (Å²) in [6.45, 7) is 36.6. The van der Waals surface area contributed by atoms with E-state index < -0.39 is 18.2 Å². The van der Waals surface area contributed by atoms with Crippen molar-refractivity contribution in [3.05, 3.63) is 150 Å². The Balaban J connectivity index is 0.000000161. The minimum Gasteiger partial charge on any atom is -0.443 e. The molecule has 520 valence electrons. The van der Waals surface area contributed by atoms with Gasteiger partial charge in [0.05, 0.1) is 73.3 Å². The Labute approximate surface area is 581 Å². The number of aromatic nitrogens is 15. The van der Waals surface area contributed by atoms with Crippen molar-refractivity contribution in [1.82, 2.24) is 74.5 Å². The van der Waals surface area contributed by atoms with Gasteiger partial charge in [-0.3, -0.25) is 42.5 Å². The number of nitrogens with one attached hydrogen (secondary N) is 2. The number of hydrogen-bond donors (Lipinski definition) is 2. The Morgan fingerprint density at radius 1 is 0.670 bits per heavy atom. The summed E-state index contributed by atoms with van der Waals surface area (Å²) >= 11 is 0. The fourth-order valence-corrected chi connectivity index (χ4v) is 11.6. The van der Waals surface area contributed by atoms with Crippen molar-refractivity contribution < 1.29 is 32.9 Å². The summed E-state index contributed by atoms with van der Waals surface area (Å²) in [4.78, 5) is 47.3. The summed E-state index contributed by atoms with van der Waals surface area (Å²) in [5.41, 5.74) is 9.14. The molecular formula is C72H85N20O7P. The second-order valence-corrected chi connectivity index (χ2v) is 29.6. The molecule has 100 heavy (non-hydrogen) atoms. The minimum atomic E-state index is -2.55. The van der Waals surface area contributed by atoms with Gasteiger partial charge in [-0.15, -0.1) is 15.3 Å². The number of ketones is 1. The Hall–Kier alpha value is -10.8. The summed E-state index contributed by atoms with van der Waals surface area (Å²) in [6.07, 6.45) is 41.7. The highest BCUT2D eigenvalue weighted by Gasteiger charge is 2.44. The van der Waals surface area contributed by atoms with Gasteiger partial charge in [-0.25, -0.2) is 18.0 Å². The number of carbonyl (C=O) groups is 3. The number of aromatic amines is 2. The fourth-order valence-electron chi connectivity index (χ4n) is 10.7. The first-order valence-corrected chi connectivity index (χ1v) is 35.5. The van der Waals surface area contributed by atoms with Crippen molar-refractivity contribution in [2.24, 2.45) is 10.8 Å². The van der Waals surface area contributed by atoms with E-state index >= 15 is 0 Å². The van der Waals surface area contributed by atoms with Crippen molar-refractivity contribution in [2.45, 2.75) is 169 Å². The number of Topliss-reactive ketones (excluding diaryl/α,β-unsaturated/α-hetero) is 1. The first kappa shape index (κ1) is 75.0. The van der Waals surface area contributed by atoms with Crippen LogP contribution in [0.1, 0.15) is 145 Å². The van der Waals surface area contributed by atoms with Gasteiger partial charge in [0, 0.05) is 112 Å². The summed E-state index contributed by atoms with van der Waals surface area (Å²) in [5, 5.41) is 59.5. The molecule has 9 aromatic heterocycles. The van der Waals surface area contributed by atoms with E-state index in [4.69, 9.17) is 44.2 Å². The second-order valence-electron chi connectivity index (χ2n) is 27.0. The van der Waals surface area contributed by atoms with Crippen LogP contribution in [0.15, 0.2) is 116 Å². The summed E-state index contributed by atoms with van der Waals surface area (Å²) in [6, 6.07) is 9.68. The van der Waals surface area contributed by atoms with E-state index in [1.165, 1.54) is 49.9 Å². The molecule has 14 rings (SSSR count). The highest BCUT2D eigenvalue weighted by molar-refractivity contribution is 7.58. The molecule has 5 saturated carbocycles. The Morgan fingerprint density at radius 2 is 1.15 bits per heavy atom. The van der Waals surface area contributed by atoms with Crippen LogP contribution in [-0.2, 0) is 57.5 Å². The molecule has 2 N–H and O–H groups in total. The molecule has 1 atom stereocenters. The van der Waals surface area contributed by atoms with Gasteiger partial charge in [0.15, 0.2) is 36.6 Å². The zero-order valence-electron chi connectivity index (χ0n) is 58.0. The smallest absolute Gasteiger partial charge is 0.312 e. The lowest BCUT2D eigenvalue weighted by molar-refractivity contribution is -0.157. The predicted molar refractivity (Wildman–Crippen MR) is 377 cm³/mol. The number of nitrogens with zero attached hydrogens (tertiary/aromatic N) is 18. The van der Waals surface area contributed by atoms with Crippen LogP contribution in [0.25, 0.3) is 81.0 Å². The number of allylic oxidation sites excluding steroid dienone is 3. The van der Waals surface area contributed by atoms with Crippen LogP contribution in [0.2, 0.25) is 0 Å². The lowest BCUT2D eigenvalue weighted by Gasteiger charge is -2.37. The monoisotopic (exact) mass is 1370 g/mol. The van der Waals surface area contributed by atoms with E-state index in [2.05, 4.69) is 70.5 Å². The van der Waals surface area contributed by atoms with E-state index in [-0.39, 0.29) is 42.6 Å². The molecule has 0 aliphatic heterocycles. The molecule has 0 spiro atoms. The second kappa shape index (κ2) is 34.6. The molecule has 0 bridgehead atoms. The molecule has 5 fully saturated rings. The quantitative estimate of drug-likeness (QED) is 0.0442. The molecule has 0 radical (unpaired) electrons. The number of nitriles is 2. The Bertz CT molecular complexity index is 4560. The van der Waals surface area contributed by atoms with Gasteiger partial charge in [0.2, 0.25) is 20.5 Å². The minimum absolute atomic E-state index is 0.0147. The van der Waals surface area contributed by atoms with Crippen molar-refractivity contribution >= 4 is 58.2 Å². The Morgan fingerprint density at radius 3 is 1.51 bits per heavy atom. The first-order valence-electron chi connectivity index (χ1n) is 33.2. The number of ether oxygens (including phenoxy) is 2. The molecule has 5 aliphatic rings. The topological polar surface area (TPSA) is 324 Å². The number of fused-ring (bicyclic) bond motifs is 3. The van der Waals surface area contributed by atoms with Gasteiger partial charge in [0.1, 0.15) is 23.0 Å². The fraction of sp³-hybridized carbons (Fsp3) is 0.458. The van der Waals surface area contributed by atoms with Crippen LogP contribution in [0, 0.1) is 53.2 Å². The van der Waals surface area contributed by atoms with Gasteiger partial charge in [0.25, 0.3) is 0 Å². The number of esters is 2. The van der Waals surface area contributed by atoms with E-state index in [0.717, 1.165) is 119 Å². The molecule has 0 amide bonds. The number of hydrogen-bond acceptors (Lipinski definition) is 18. The zero-order valence-corrected chi connectivity index (χ0v) is 58.9. The summed E-state index contributed by atoms with van der Waals surface area (Å²) in [7, 11) is -2.55. The Kier molecular flexibility index (Phi) is 26.0. The standard InChI is InChI=1S/C21H24N6O2.C15H14N6.C15H17N5O2.2C6H7N.C5H10NO2P.C4H6O/c1-20(2,3)19(28)29-14-26-9-6-16-17(11-23-25-18(16)26)15-10-24-27(12-15)21(13-22-4)7-5-8-21;1-16-10-15(4-2-5-15)21-9-11(7-19-21)13-8-18-20-14-12(13)3-6-17-14;1-15(2,3)14(21)22-9-20-5-4-11-12(8-18-19-13(11)20)10-6-16-17-7-10;1-7-5-6-3-2-4-6;7-5-4-6-2-1-3-6;1-3-8-9(2,7)5-4-6;5-4-2-1-3-4/h6,9-12H,5,7-8,13-14H2,1-3H3;3,6-9H,2,4-5,10H2,(H,17,20);4-8H,9H2,1-3H3,(H,16,17);5H,2-4H2;4H,1-3H2;3,5H2,1-2H3;1-3H2. The van der Waals surface area contributed by atoms with E-state index in [1.807, 2.05) is 119 Å². The third-order valence-corrected chi connectivity index (χ3v) is 19.0. The van der Waals surface area contributed by atoms with Crippen molar-refractivity contribution in [1.29, 1.82) is 10.5 Å². The van der Waals surface area contributed by atoms with E-state index in [1.54, 1.807) is 65.4 Å². The maximum absolute atomic E-state index is 12.1. The molecule has 0 saturated heterocycles. The SMILES string of the molecule is CC(C)(C)C(=O)OCn1ccc2c(-c3cn[nH]c3)cnnc21.CCOP(C)(=O)CC#N.N#CC=C1CCC1.O=C1CCC1.[C-]#[N+]C=C1CCC1.[C-]#[N+]CC1(n2cc(-c3cnnc4[nH]ccc34)cn2)CCC1.[C-]#[N+]CC1(n2cc(-c3cnnc4c3ccn4COC(=O)C(C)(C)C)cn2)CCC1. The van der Waals surface area contributed by atoms with Gasteiger partial charge in [-0.05, 0) is 150 Å². The largest absolute Gasteiger partial charge is 0.443 e. The molecule has 5 aliphatic carbocycles. The maximum atomic E-state index is 12.1. The highest BCUT2D eigenvalue weighted by Crippen LogP contribution is 2.43. The van der Waals surface area contributed by atoms with E-state index in [9.17, 15) is 18.9 Å². The van der Waals surface area contributed by atoms with Crippen LogP contribution in [0.4, 0.5) is 0 Å². The van der Waals surface area contributed by atoms with Gasteiger partial charge < -0.3 is 28.7 Å². The van der Waals surface area contributed by atoms with Crippen LogP contribution in [0.3, 0.4) is 0 Å². The first-order chi connectivity index (χ1) is 48.0. The molecule has 1 unspecified atom stereocenters. The molecule has 27 nitrogen and oxygen atoms in total. The number of H-pyrrole nitrogens is 2. The van der Waals surface area contributed by atoms with Crippen molar-refractivity contribution in [3.8, 4) is 45.5 Å². The lowest BCUT2D eigenvalue weighted by atomic mass is 9.77. The summed E-state index contributed by atoms with van der Waals surface area (Å²) < 4.78 is 34.0. The van der Waals surface area contributed by atoms with E-state index in [0.29, 0.717) is 36.8 Å². The highest BCUT2D eigenvalue weighted by atomic mass is 31.2. The maximum Gasteiger partial charge on any atom is 0.312 e. The van der Waals surface area contributed by atoms with Gasteiger partial charge >= 0.3 is 11.9 Å². The lowest BCUT2D eigenvalue weighted by Crippen LogP contribution is -2.43. The molecule has 9 heterocycles. The molecular weight excluding hydrogens is 1290 g/mol. The van der Waals surface area contributed by atoms with Crippen LogP contribution in [-0.4, -0.2) is 125 Å². The summed E-state index contributed by atoms with van der Waals surface area (Å²) in [5.74, 6) is -0.0892. The average Bonchev–Trinajstić information content (AvgIpc) is 1.36. The van der Waals surface area contributed by atoms with Crippen LogP contribution >= 0.6 is 7.37 Å². The third-order valence-electron chi connectivity index (χ3n) is 17.4. The molecule has 0 aromatic carbocycles. The van der Waals surface area contributed by atoms with Gasteiger partial charge in [-0.1, -0.05) is 11.1 Å².